The van der Waals surface area contributed by atoms with Crippen LogP contribution in [0.25, 0.3) is 0 Å². The third kappa shape index (κ3) is 3.85. The summed E-state index contributed by atoms with van der Waals surface area (Å²) < 4.78 is 12.0. The molecule has 7 nitrogen and oxygen atoms in total. The van der Waals surface area contributed by atoms with Gasteiger partial charge in [0.25, 0.3) is 5.91 Å². The van der Waals surface area contributed by atoms with E-state index in [9.17, 15) is 4.79 Å². The summed E-state index contributed by atoms with van der Waals surface area (Å²) >= 11 is 0. The van der Waals surface area contributed by atoms with Crippen molar-refractivity contribution < 1.29 is 14.3 Å². The minimum absolute atomic E-state index is 0.0376. The molecule has 3 heterocycles. The second kappa shape index (κ2) is 6.90. The largest absolute Gasteiger partial charge is 0.377 e. The van der Waals surface area contributed by atoms with E-state index in [0.29, 0.717) is 31.9 Å². The molecule has 2 saturated heterocycles. The number of likely N-dealkylation sites (N-methyl/N-ethyl adjacent to an activating group) is 1. The van der Waals surface area contributed by atoms with Crippen LogP contribution < -0.4 is 0 Å². The SMILES string of the molecule is CN(C)C[C@@H]1CC[C@]2(COCCN(C(=O)c3ccnnc3)C2)O1. The lowest BCUT2D eigenvalue weighted by Crippen LogP contribution is -2.47. The first-order valence-corrected chi connectivity index (χ1v) is 8.04. The molecular weight excluding hydrogens is 296 g/mol. The summed E-state index contributed by atoms with van der Waals surface area (Å²) in [5, 5.41) is 7.52. The molecule has 1 amide bonds. The predicted octanol–water partition coefficient (Wildman–Crippen LogP) is 0.428. The highest BCUT2D eigenvalue weighted by atomic mass is 16.6. The standard InChI is InChI=1S/C16H24N4O3/c1-19(2)10-14-3-5-16(23-14)11-20(7-8-22-12-16)15(21)13-4-6-17-18-9-13/h4,6,9,14H,3,5,7-8,10-12H2,1-2H3/t14-,16-/m0/s1. The van der Waals surface area contributed by atoms with Crippen molar-refractivity contribution in [3.63, 3.8) is 0 Å². The quantitative estimate of drug-likeness (QED) is 0.804. The molecule has 3 rings (SSSR count). The van der Waals surface area contributed by atoms with E-state index in [0.717, 1.165) is 19.4 Å². The molecule has 0 radical (unpaired) electrons. The molecule has 1 aromatic heterocycles. The van der Waals surface area contributed by atoms with Gasteiger partial charge in [-0.1, -0.05) is 0 Å². The first-order valence-electron chi connectivity index (χ1n) is 8.04. The fraction of sp³-hybridized carbons (Fsp3) is 0.688. The molecule has 126 valence electrons. The second-order valence-electron chi connectivity index (χ2n) is 6.63. The smallest absolute Gasteiger partial charge is 0.255 e. The van der Waals surface area contributed by atoms with Crippen LogP contribution in [-0.4, -0.2) is 84.6 Å². The Morgan fingerprint density at radius 1 is 1.48 bits per heavy atom. The number of aromatic nitrogens is 2. The van der Waals surface area contributed by atoms with Crippen molar-refractivity contribution >= 4 is 5.91 Å². The van der Waals surface area contributed by atoms with Gasteiger partial charge >= 0.3 is 0 Å². The number of carbonyl (C=O) groups excluding carboxylic acids is 1. The zero-order valence-electron chi connectivity index (χ0n) is 13.8. The lowest BCUT2D eigenvalue weighted by molar-refractivity contribution is -0.0878. The van der Waals surface area contributed by atoms with E-state index in [2.05, 4.69) is 15.1 Å². The van der Waals surface area contributed by atoms with Crippen LogP contribution in [-0.2, 0) is 9.47 Å². The van der Waals surface area contributed by atoms with Crippen LogP contribution >= 0.6 is 0 Å². The average molecular weight is 320 g/mol. The highest BCUT2D eigenvalue weighted by molar-refractivity contribution is 5.93. The summed E-state index contributed by atoms with van der Waals surface area (Å²) in [6, 6.07) is 1.69. The van der Waals surface area contributed by atoms with Crippen molar-refractivity contribution in [1.82, 2.24) is 20.0 Å². The van der Waals surface area contributed by atoms with Gasteiger partial charge in [0.2, 0.25) is 0 Å². The van der Waals surface area contributed by atoms with E-state index in [1.165, 1.54) is 12.4 Å². The Bertz CT molecular complexity index is 539. The van der Waals surface area contributed by atoms with Crippen molar-refractivity contribution in [2.45, 2.75) is 24.5 Å². The number of carbonyl (C=O) groups is 1. The molecule has 2 aliphatic heterocycles. The van der Waals surface area contributed by atoms with Crippen LogP contribution in [0, 0.1) is 0 Å². The molecular formula is C16H24N4O3. The van der Waals surface area contributed by atoms with Crippen LogP contribution in [0.15, 0.2) is 18.5 Å². The zero-order chi connectivity index (χ0) is 16.3. The molecule has 7 heteroatoms. The summed E-state index contributed by atoms with van der Waals surface area (Å²) in [7, 11) is 4.09. The average Bonchev–Trinajstić information content (AvgIpc) is 2.79. The van der Waals surface area contributed by atoms with Crippen molar-refractivity contribution in [2.75, 3.05) is 46.9 Å². The zero-order valence-corrected chi connectivity index (χ0v) is 13.8. The van der Waals surface area contributed by atoms with Crippen molar-refractivity contribution in [3.8, 4) is 0 Å². The number of hydrogen-bond acceptors (Lipinski definition) is 6. The maximum Gasteiger partial charge on any atom is 0.255 e. The summed E-state index contributed by atoms with van der Waals surface area (Å²) in [5.74, 6) is -0.0376. The van der Waals surface area contributed by atoms with Gasteiger partial charge in [-0.15, -0.1) is 0 Å². The van der Waals surface area contributed by atoms with Crippen molar-refractivity contribution in [3.05, 3.63) is 24.0 Å². The van der Waals surface area contributed by atoms with Gasteiger partial charge in [-0.2, -0.15) is 10.2 Å². The first-order chi connectivity index (χ1) is 11.1. The second-order valence-corrected chi connectivity index (χ2v) is 6.63. The van der Waals surface area contributed by atoms with Crippen molar-refractivity contribution in [1.29, 1.82) is 0 Å². The molecule has 2 aliphatic rings. The molecule has 0 saturated carbocycles. The van der Waals surface area contributed by atoms with E-state index in [1.807, 2.05) is 19.0 Å². The van der Waals surface area contributed by atoms with E-state index in [-0.39, 0.29) is 17.6 Å². The van der Waals surface area contributed by atoms with Gasteiger partial charge in [-0.25, -0.2) is 0 Å². The highest BCUT2D eigenvalue weighted by Crippen LogP contribution is 2.33. The lowest BCUT2D eigenvalue weighted by atomic mass is 9.99. The Hall–Kier alpha value is -1.57. The summed E-state index contributed by atoms with van der Waals surface area (Å²) in [4.78, 5) is 16.6. The van der Waals surface area contributed by atoms with Crippen LogP contribution in [0.4, 0.5) is 0 Å². The van der Waals surface area contributed by atoms with Gasteiger partial charge in [0.15, 0.2) is 0 Å². The Kier molecular flexibility index (Phi) is 4.89. The predicted molar refractivity (Wildman–Crippen MR) is 84.1 cm³/mol. The molecule has 0 unspecified atom stereocenters. The fourth-order valence-corrected chi connectivity index (χ4v) is 3.33. The van der Waals surface area contributed by atoms with Gasteiger partial charge in [0.1, 0.15) is 5.60 Å². The van der Waals surface area contributed by atoms with Gasteiger partial charge in [0, 0.05) is 13.1 Å². The number of ether oxygens (including phenoxy) is 2. The Balaban J connectivity index is 1.70. The Morgan fingerprint density at radius 3 is 3.09 bits per heavy atom. The maximum atomic E-state index is 12.7. The fourth-order valence-electron chi connectivity index (χ4n) is 3.33. The molecule has 23 heavy (non-hydrogen) atoms. The van der Waals surface area contributed by atoms with Crippen LogP contribution in [0.2, 0.25) is 0 Å². The monoisotopic (exact) mass is 320 g/mol. The normalized spacial score (nSPS) is 28.3. The van der Waals surface area contributed by atoms with Gasteiger partial charge in [-0.05, 0) is 33.0 Å². The minimum Gasteiger partial charge on any atom is -0.377 e. The first kappa shape index (κ1) is 16.3. The number of amides is 1. The van der Waals surface area contributed by atoms with E-state index >= 15 is 0 Å². The molecule has 1 aromatic rings. The Labute approximate surface area is 136 Å². The minimum atomic E-state index is -0.382. The summed E-state index contributed by atoms with van der Waals surface area (Å²) in [5.41, 5.74) is 0.174. The molecule has 2 fully saturated rings. The summed E-state index contributed by atoms with van der Waals surface area (Å²) in [6.07, 6.45) is 5.16. The van der Waals surface area contributed by atoms with E-state index in [1.54, 1.807) is 6.07 Å². The van der Waals surface area contributed by atoms with Crippen LogP contribution in [0.5, 0.6) is 0 Å². The maximum absolute atomic E-state index is 12.7. The molecule has 0 aromatic carbocycles. The molecule has 0 N–H and O–H groups in total. The van der Waals surface area contributed by atoms with Crippen LogP contribution in [0.3, 0.4) is 0 Å². The highest BCUT2D eigenvalue weighted by Gasteiger charge is 2.44. The number of rotatable bonds is 3. The molecule has 0 aliphatic carbocycles. The molecule has 2 atom stereocenters. The lowest BCUT2D eigenvalue weighted by Gasteiger charge is -2.32. The third-order valence-corrected chi connectivity index (χ3v) is 4.38. The van der Waals surface area contributed by atoms with Gasteiger partial charge in [-0.3, -0.25) is 4.79 Å². The van der Waals surface area contributed by atoms with Gasteiger partial charge < -0.3 is 19.3 Å². The van der Waals surface area contributed by atoms with Crippen LogP contribution in [0.1, 0.15) is 23.2 Å². The number of hydrogen-bond donors (Lipinski definition) is 0. The van der Waals surface area contributed by atoms with Crippen molar-refractivity contribution in [2.24, 2.45) is 0 Å². The Morgan fingerprint density at radius 2 is 2.35 bits per heavy atom. The topological polar surface area (TPSA) is 67.8 Å². The molecule has 1 spiro atoms. The number of nitrogens with zero attached hydrogens (tertiary/aromatic N) is 4. The van der Waals surface area contributed by atoms with E-state index < -0.39 is 0 Å². The third-order valence-electron chi connectivity index (χ3n) is 4.38. The molecule has 0 bridgehead atoms. The summed E-state index contributed by atoms with van der Waals surface area (Å²) in [6.45, 7) is 3.12. The van der Waals surface area contributed by atoms with E-state index in [4.69, 9.17) is 9.47 Å². The van der Waals surface area contributed by atoms with Gasteiger partial charge in [0.05, 0.1) is 43.8 Å².